The molecule has 0 spiro atoms. The Balaban J connectivity index is 2.38. The average molecular weight is 221 g/mol. The van der Waals surface area contributed by atoms with Crippen LogP contribution in [-0.2, 0) is 6.42 Å². The van der Waals surface area contributed by atoms with E-state index < -0.39 is 0 Å². The fourth-order valence-electron chi connectivity index (χ4n) is 1.50. The molecule has 0 aliphatic rings. The molecule has 0 bridgehead atoms. The fraction of sp³-hybridized carbons (Fsp3) is 0.571. The molecule has 0 aromatic heterocycles. The molecule has 1 aromatic rings. The molecule has 0 saturated heterocycles. The van der Waals surface area contributed by atoms with Gasteiger partial charge in [0, 0.05) is 6.04 Å². The lowest BCUT2D eigenvalue weighted by Gasteiger charge is -2.10. The topological polar surface area (TPSA) is 21.3 Å². The molecule has 1 aromatic carbocycles. The van der Waals surface area contributed by atoms with Gasteiger partial charge < -0.3 is 10.1 Å². The first-order valence-electron chi connectivity index (χ1n) is 6.15. The van der Waals surface area contributed by atoms with Crippen molar-refractivity contribution < 1.29 is 4.74 Å². The molecule has 1 N–H and O–H groups in total. The second kappa shape index (κ2) is 7.29. The van der Waals surface area contributed by atoms with Gasteiger partial charge in [0.25, 0.3) is 0 Å². The number of benzene rings is 1. The van der Waals surface area contributed by atoms with E-state index in [0.29, 0.717) is 6.04 Å². The van der Waals surface area contributed by atoms with Crippen LogP contribution < -0.4 is 10.1 Å². The number of rotatable bonds is 7. The van der Waals surface area contributed by atoms with Gasteiger partial charge >= 0.3 is 0 Å². The second-order valence-electron chi connectivity index (χ2n) is 4.22. The minimum atomic E-state index is 0.580. The largest absolute Gasteiger partial charge is 0.494 e. The number of hydrogen-bond donors (Lipinski definition) is 1. The summed E-state index contributed by atoms with van der Waals surface area (Å²) in [5.41, 5.74) is 1.38. The zero-order chi connectivity index (χ0) is 11.8. The highest BCUT2D eigenvalue weighted by Gasteiger charge is 2.00. The molecule has 0 saturated carbocycles. The normalized spacial score (nSPS) is 12.4. The van der Waals surface area contributed by atoms with Gasteiger partial charge in [-0.15, -0.1) is 0 Å². The lowest BCUT2D eigenvalue weighted by atomic mass is 10.1. The molecule has 0 fully saturated rings. The Kier molecular flexibility index (Phi) is 5.94. The van der Waals surface area contributed by atoms with Gasteiger partial charge in [-0.1, -0.05) is 19.1 Å². The van der Waals surface area contributed by atoms with Gasteiger partial charge in [-0.25, -0.2) is 0 Å². The second-order valence-corrected chi connectivity index (χ2v) is 4.22. The minimum Gasteiger partial charge on any atom is -0.494 e. The van der Waals surface area contributed by atoms with E-state index in [4.69, 9.17) is 4.74 Å². The van der Waals surface area contributed by atoms with Crippen molar-refractivity contribution in [1.29, 1.82) is 0 Å². The first kappa shape index (κ1) is 13.0. The van der Waals surface area contributed by atoms with E-state index in [-0.39, 0.29) is 0 Å². The quantitative estimate of drug-likeness (QED) is 0.764. The molecule has 0 amide bonds. The first-order valence-corrected chi connectivity index (χ1v) is 6.15. The molecular weight excluding hydrogens is 198 g/mol. The van der Waals surface area contributed by atoms with E-state index >= 15 is 0 Å². The molecule has 1 rings (SSSR count). The predicted molar refractivity (Wildman–Crippen MR) is 69.1 cm³/mol. The van der Waals surface area contributed by atoms with Crippen LogP contribution in [0.4, 0.5) is 0 Å². The van der Waals surface area contributed by atoms with Gasteiger partial charge in [-0.05, 0) is 50.9 Å². The van der Waals surface area contributed by atoms with E-state index in [0.717, 1.165) is 25.2 Å². The highest BCUT2D eigenvalue weighted by Crippen LogP contribution is 2.14. The fourth-order valence-corrected chi connectivity index (χ4v) is 1.50. The summed E-state index contributed by atoms with van der Waals surface area (Å²) in [6, 6.07) is 9.03. The Bertz CT molecular complexity index is 281. The summed E-state index contributed by atoms with van der Waals surface area (Å²) < 4.78 is 5.54. The molecule has 1 unspecified atom stereocenters. The van der Waals surface area contributed by atoms with E-state index in [9.17, 15) is 0 Å². The third-order valence-corrected chi connectivity index (χ3v) is 2.76. The van der Waals surface area contributed by atoms with Crippen molar-refractivity contribution in [2.24, 2.45) is 0 Å². The highest BCUT2D eigenvalue weighted by atomic mass is 16.5. The van der Waals surface area contributed by atoms with Crippen LogP contribution in [0.25, 0.3) is 0 Å². The third kappa shape index (κ3) is 4.67. The molecule has 0 aliphatic heterocycles. The summed E-state index contributed by atoms with van der Waals surface area (Å²) in [7, 11) is 2.01. The van der Waals surface area contributed by atoms with Crippen LogP contribution in [0, 0.1) is 0 Å². The van der Waals surface area contributed by atoms with E-state index in [1.165, 1.54) is 12.0 Å². The summed E-state index contributed by atoms with van der Waals surface area (Å²) in [5.74, 6) is 0.979. The Labute approximate surface area is 99.0 Å². The van der Waals surface area contributed by atoms with Crippen LogP contribution in [0.5, 0.6) is 5.75 Å². The predicted octanol–water partition coefficient (Wildman–Crippen LogP) is 3.02. The Morgan fingerprint density at radius 2 is 1.94 bits per heavy atom. The molecule has 2 nitrogen and oxygen atoms in total. The molecule has 0 radical (unpaired) electrons. The van der Waals surface area contributed by atoms with E-state index in [2.05, 4.69) is 43.4 Å². The smallest absolute Gasteiger partial charge is 0.119 e. The van der Waals surface area contributed by atoms with Gasteiger partial charge in [0.05, 0.1) is 6.61 Å². The number of nitrogens with one attached hydrogen (secondary N) is 1. The Morgan fingerprint density at radius 1 is 1.25 bits per heavy atom. The molecule has 90 valence electrons. The van der Waals surface area contributed by atoms with Gasteiger partial charge in [0.1, 0.15) is 5.75 Å². The van der Waals surface area contributed by atoms with Crippen molar-refractivity contribution in [2.45, 2.75) is 39.2 Å². The van der Waals surface area contributed by atoms with Crippen LogP contribution >= 0.6 is 0 Å². The molecule has 1 atom stereocenters. The minimum absolute atomic E-state index is 0.580. The van der Waals surface area contributed by atoms with Gasteiger partial charge in [-0.3, -0.25) is 0 Å². The lowest BCUT2D eigenvalue weighted by Crippen LogP contribution is -2.21. The van der Waals surface area contributed by atoms with Crippen LogP contribution in [0.3, 0.4) is 0 Å². The monoisotopic (exact) mass is 221 g/mol. The number of ether oxygens (including phenoxy) is 1. The van der Waals surface area contributed by atoms with Crippen molar-refractivity contribution in [3.8, 4) is 5.75 Å². The standard InChI is InChI=1S/C14H23NO/c1-4-11-16-14-9-7-13(8-10-14)6-5-12(2)15-3/h7-10,12,15H,4-6,11H2,1-3H3. The summed E-state index contributed by atoms with van der Waals surface area (Å²) in [6.45, 7) is 5.13. The van der Waals surface area contributed by atoms with Crippen LogP contribution in [0.1, 0.15) is 32.3 Å². The number of hydrogen-bond acceptors (Lipinski definition) is 2. The van der Waals surface area contributed by atoms with Gasteiger partial charge in [0.2, 0.25) is 0 Å². The zero-order valence-corrected chi connectivity index (χ0v) is 10.6. The van der Waals surface area contributed by atoms with Crippen LogP contribution in [-0.4, -0.2) is 19.7 Å². The first-order chi connectivity index (χ1) is 7.76. The molecular formula is C14H23NO. The SMILES string of the molecule is CCCOc1ccc(CCC(C)NC)cc1. The van der Waals surface area contributed by atoms with Crippen LogP contribution in [0.15, 0.2) is 24.3 Å². The van der Waals surface area contributed by atoms with Crippen molar-refractivity contribution in [3.05, 3.63) is 29.8 Å². The molecule has 0 aliphatic carbocycles. The summed E-state index contributed by atoms with van der Waals surface area (Å²) in [6.07, 6.45) is 3.35. The van der Waals surface area contributed by atoms with Crippen molar-refractivity contribution >= 4 is 0 Å². The van der Waals surface area contributed by atoms with E-state index in [1.807, 2.05) is 7.05 Å². The summed E-state index contributed by atoms with van der Waals surface area (Å²) >= 11 is 0. The zero-order valence-electron chi connectivity index (χ0n) is 10.6. The Hall–Kier alpha value is -1.02. The van der Waals surface area contributed by atoms with E-state index in [1.54, 1.807) is 0 Å². The third-order valence-electron chi connectivity index (χ3n) is 2.76. The molecule has 16 heavy (non-hydrogen) atoms. The lowest BCUT2D eigenvalue weighted by molar-refractivity contribution is 0.317. The Morgan fingerprint density at radius 3 is 2.50 bits per heavy atom. The van der Waals surface area contributed by atoms with Crippen molar-refractivity contribution in [2.75, 3.05) is 13.7 Å². The summed E-state index contributed by atoms with van der Waals surface area (Å²) in [4.78, 5) is 0. The maximum Gasteiger partial charge on any atom is 0.119 e. The molecule has 2 heteroatoms. The summed E-state index contributed by atoms with van der Waals surface area (Å²) in [5, 5.41) is 3.25. The van der Waals surface area contributed by atoms with Crippen molar-refractivity contribution in [1.82, 2.24) is 5.32 Å². The van der Waals surface area contributed by atoms with Gasteiger partial charge in [0.15, 0.2) is 0 Å². The van der Waals surface area contributed by atoms with Crippen molar-refractivity contribution in [3.63, 3.8) is 0 Å². The van der Waals surface area contributed by atoms with Crippen LogP contribution in [0.2, 0.25) is 0 Å². The number of aryl methyl sites for hydroxylation is 1. The van der Waals surface area contributed by atoms with Gasteiger partial charge in [-0.2, -0.15) is 0 Å². The average Bonchev–Trinajstić information content (AvgIpc) is 2.34. The highest BCUT2D eigenvalue weighted by molar-refractivity contribution is 5.27. The molecule has 0 heterocycles. The maximum absolute atomic E-state index is 5.54. The maximum atomic E-state index is 5.54.